The molecule has 0 spiro atoms. The summed E-state index contributed by atoms with van der Waals surface area (Å²) in [4.78, 5) is 10.8. The second-order valence-corrected chi connectivity index (χ2v) is 2.96. The molecule has 0 aromatic heterocycles. The summed E-state index contributed by atoms with van der Waals surface area (Å²) >= 11 is 0. The number of nitrogens with zero attached hydrogens (tertiary/aromatic N) is 1. The van der Waals surface area contributed by atoms with Crippen LogP contribution in [-0.4, -0.2) is 28.8 Å². The van der Waals surface area contributed by atoms with E-state index in [2.05, 4.69) is 0 Å². The highest BCUT2D eigenvalue weighted by molar-refractivity contribution is 5.76. The Kier molecular flexibility index (Phi) is 1.66. The van der Waals surface area contributed by atoms with Gasteiger partial charge in [-0.15, -0.1) is 0 Å². The van der Waals surface area contributed by atoms with Gasteiger partial charge in [-0.05, 0) is 12.8 Å². The Labute approximate surface area is 59.6 Å². The van der Waals surface area contributed by atoms with E-state index < -0.39 is 0 Å². The van der Waals surface area contributed by atoms with Crippen molar-refractivity contribution in [1.82, 2.24) is 5.06 Å². The van der Waals surface area contributed by atoms with E-state index in [1.807, 2.05) is 0 Å². The Bertz CT molecular complexity index is 152. The quantitative estimate of drug-likeness (QED) is 0.413. The van der Waals surface area contributed by atoms with Crippen molar-refractivity contribution in [3.05, 3.63) is 0 Å². The number of nitrogens with two attached hydrogens (primary N) is 1. The highest BCUT2D eigenvalue weighted by atomic mass is 16.5. The van der Waals surface area contributed by atoms with E-state index in [0.29, 0.717) is 5.06 Å². The summed E-state index contributed by atoms with van der Waals surface area (Å²) in [5.41, 5.74) is 5.33. The normalized spacial score (nSPS) is 20.3. The second-order valence-electron chi connectivity index (χ2n) is 2.96. The van der Waals surface area contributed by atoms with Crippen LogP contribution in [0.2, 0.25) is 0 Å². The van der Waals surface area contributed by atoms with Crippen LogP contribution in [0.5, 0.6) is 0 Å². The van der Waals surface area contributed by atoms with Crippen molar-refractivity contribution in [1.29, 1.82) is 0 Å². The first kappa shape index (κ1) is 7.50. The van der Waals surface area contributed by atoms with Crippen LogP contribution in [-0.2, 0) is 4.79 Å². The number of hydrogen-bond acceptors (Lipinski definition) is 3. The molecule has 0 aliphatic heterocycles. The predicted molar refractivity (Wildman–Crippen MR) is 35.3 cm³/mol. The molecule has 1 aliphatic carbocycles. The monoisotopic (exact) mass is 144 g/mol. The van der Waals surface area contributed by atoms with E-state index in [4.69, 9.17) is 10.9 Å². The van der Waals surface area contributed by atoms with Gasteiger partial charge in [0.15, 0.2) is 0 Å². The molecule has 58 valence electrons. The molecule has 0 aromatic carbocycles. The molecule has 0 radical (unpaired) electrons. The smallest absolute Gasteiger partial charge is 0.247 e. The molecular formula is C6H12N2O2. The lowest BCUT2D eigenvalue weighted by Crippen LogP contribution is -2.32. The lowest BCUT2D eigenvalue weighted by molar-refractivity contribution is -0.159. The zero-order valence-corrected chi connectivity index (χ0v) is 6.00. The molecule has 0 unspecified atom stereocenters. The molecule has 1 fully saturated rings. The first-order valence-corrected chi connectivity index (χ1v) is 3.28. The minimum absolute atomic E-state index is 0.264. The first-order chi connectivity index (χ1) is 4.53. The fourth-order valence-electron chi connectivity index (χ4n) is 0.753. The van der Waals surface area contributed by atoms with E-state index in [1.165, 1.54) is 7.05 Å². The third kappa shape index (κ3) is 1.68. The van der Waals surface area contributed by atoms with Gasteiger partial charge in [0.2, 0.25) is 5.91 Å². The maximum Gasteiger partial charge on any atom is 0.247 e. The highest BCUT2D eigenvalue weighted by Crippen LogP contribution is 2.35. The van der Waals surface area contributed by atoms with E-state index >= 15 is 0 Å². The van der Waals surface area contributed by atoms with Crippen LogP contribution in [0.25, 0.3) is 0 Å². The van der Waals surface area contributed by atoms with Crippen molar-refractivity contribution in [2.45, 2.75) is 24.8 Å². The van der Waals surface area contributed by atoms with E-state index in [9.17, 15) is 4.79 Å². The van der Waals surface area contributed by atoms with E-state index in [-0.39, 0.29) is 17.9 Å². The Balaban J connectivity index is 2.31. The Morgan fingerprint density at radius 1 is 1.80 bits per heavy atom. The van der Waals surface area contributed by atoms with Gasteiger partial charge in [-0.3, -0.25) is 10.0 Å². The number of amides is 1. The van der Waals surface area contributed by atoms with Gasteiger partial charge in [-0.25, -0.2) is 5.06 Å². The standard InChI is InChI=1S/C6H12N2O2/c1-8(10)5(9)4-6(7)2-3-6/h10H,2-4,7H2,1H3. The van der Waals surface area contributed by atoms with E-state index in [0.717, 1.165) is 12.8 Å². The lowest BCUT2D eigenvalue weighted by atomic mass is 10.2. The molecule has 1 saturated carbocycles. The zero-order valence-electron chi connectivity index (χ0n) is 6.00. The van der Waals surface area contributed by atoms with Gasteiger partial charge in [-0.2, -0.15) is 0 Å². The Morgan fingerprint density at radius 3 is 2.60 bits per heavy atom. The second kappa shape index (κ2) is 2.21. The highest BCUT2D eigenvalue weighted by Gasteiger charge is 2.40. The van der Waals surface area contributed by atoms with Crippen molar-refractivity contribution in [2.75, 3.05) is 7.05 Å². The third-order valence-electron chi connectivity index (χ3n) is 1.76. The molecule has 4 heteroatoms. The molecule has 4 nitrogen and oxygen atoms in total. The lowest BCUT2D eigenvalue weighted by Gasteiger charge is -2.11. The number of carbonyl (C=O) groups excluding carboxylic acids is 1. The average molecular weight is 144 g/mol. The largest absolute Gasteiger partial charge is 0.325 e. The molecule has 0 saturated heterocycles. The van der Waals surface area contributed by atoms with Crippen LogP contribution < -0.4 is 5.73 Å². The summed E-state index contributed by atoms with van der Waals surface area (Å²) in [5.74, 6) is -0.306. The summed E-state index contributed by atoms with van der Waals surface area (Å²) in [6, 6.07) is 0. The molecule has 0 aromatic rings. The summed E-state index contributed by atoms with van der Waals surface area (Å²) < 4.78 is 0. The van der Waals surface area contributed by atoms with Crippen LogP contribution in [0.3, 0.4) is 0 Å². The van der Waals surface area contributed by atoms with Gasteiger partial charge in [0.25, 0.3) is 0 Å². The van der Waals surface area contributed by atoms with Crippen molar-refractivity contribution in [3.63, 3.8) is 0 Å². The number of hydrogen-bond donors (Lipinski definition) is 2. The molecule has 0 heterocycles. The van der Waals surface area contributed by atoms with Crippen molar-refractivity contribution in [2.24, 2.45) is 5.73 Å². The summed E-state index contributed by atoms with van der Waals surface area (Å²) in [6.45, 7) is 0. The molecule has 0 bridgehead atoms. The first-order valence-electron chi connectivity index (χ1n) is 3.28. The molecule has 10 heavy (non-hydrogen) atoms. The molecule has 1 amide bonds. The molecule has 3 N–H and O–H groups in total. The van der Waals surface area contributed by atoms with Crippen LogP contribution in [0.4, 0.5) is 0 Å². The minimum Gasteiger partial charge on any atom is -0.325 e. The van der Waals surface area contributed by atoms with Crippen molar-refractivity contribution < 1.29 is 10.0 Å². The average Bonchev–Trinajstić information content (AvgIpc) is 2.47. The van der Waals surface area contributed by atoms with Crippen LogP contribution in [0.1, 0.15) is 19.3 Å². The maximum absolute atomic E-state index is 10.8. The predicted octanol–water partition coefficient (Wildman–Crippen LogP) is -0.285. The van der Waals surface area contributed by atoms with Crippen LogP contribution in [0, 0.1) is 0 Å². The van der Waals surface area contributed by atoms with Gasteiger partial charge in [0.05, 0.1) is 0 Å². The molecular weight excluding hydrogens is 132 g/mol. The van der Waals surface area contributed by atoms with E-state index in [1.54, 1.807) is 0 Å². The molecule has 0 atom stereocenters. The third-order valence-corrected chi connectivity index (χ3v) is 1.76. The SMILES string of the molecule is CN(O)C(=O)CC1(N)CC1. The van der Waals surface area contributed by atoms with Crippen molar-refractivity contribution in [3.8, 4) is 0 Å². The number of carbonyl (C=O) groups is 1. The Morgan fingerprint density at radius 2 is 2.30 bits per heavy atom. The molecule has 1 rings (SSSR count). The van der Waals surface area contributed by atoms with Gasteiger partial charge >= 0.3 is 0 Å². The Hall–Kier alpha value is -0.610. The van der Waals surface area contributed by atoms with Gasteiger partial charge in [0, 0.05) is 19.0 Å². The van der Waals surface area contributed by atoms with Gasteiger partial charge in [0.1, 0.15) is 0 Å². The zero-order chi connectivity index (χ0) is 7.78. The van der Waals surface area contributed by atoms with Crippen molar-refractivity contribution >= 4 is 5.91 Å². The van der Waals surface area contributed by atoms with Gasteiger partial charge < -0.3 is 5.73 Å². The summed E-state index contributed by atoms with van der Waals surface area (Å²) in [6.07, 6.45) is 2.05. The molecule has 1 aliphatic rings. The fraction of sp³-hybridized carbons (Fsp3) is 0.833. The van der Waals surface area contributed by atoms with Crippen LogP contribution >= 0.6 is 0 Å². The fourth-order valence-corrected chi connectivity index (χ4v) is 0.753. The summed E-state index contributed by atoms with van der Waals surface area (Å²) in [5, 5.41) is 9.23. The maximum atomic E-state index is 10.8. The summed E-state index contributed by atoms with van der Waals surface area (Å²) in [7, 11) is 1.31. The number of rotatable bonds is 2. The number of hydroxylamine groups is 2. The topological polar surface area (TPSA) is 66.6 Å². The van der Waals surface area contributed by atoms with Gasteiger partial charge in [-0.1, -0.05) is 0 Å². The minimum atomic E-state index is -0.306. The van der Waals surface area contributed by atoms with Crippen LogP contribution in [0.15, 0.2) is 0 Å².